The number of unbranched alkanes of at least 4 members (excludes halogenated alkanes) is 1. The fourth-order valence-electron chi connectivity index (χ4n) is 4.81. The molecule has 1 N–H and O–H groups in total. The molecule has 0 fully saturated rings. The summed E-state index contributed by atoms with van der Waals surface area (Å²) < 4.78 is 12.8. The van der Waals surface area contributed by atoms with Gasteiger partial charge in [-0.25, -0.2) is 9.78 Å². The van der Waals surface area contributed by atoms with Gasteiger partial charge in [-0.3, -0.25) is 9.59 Å². The molecule has 0 saturated heterocycles. The zero-order valence-corrected chi connectivity index (χ0v) is 20.6. The molecular weight excluding hydrogens is 470 g/mol. The lowest BCUT2D eigenvalue weighted by molar-refractivity contribution is -0.189. The van der Waals surface area contributed by atoms with E-state index >= 15 is 0 Å². The number of pyridine rings is 2. The van der Waals surface area contributed by atoms with Crippen LogP contribution in [-0.2, 0) is 37.8 Å². The summed E-state index contributed by atoms with van der Waals surface area (Å²) in [6, 6.07) is 11.6. The number of ether oxygens (including phenoxy) is 2. The summed E-state index contributed by atoms with van der Waals surface area (Å²) in [4.78, 5) is 44.0. The Hall–Kier alpha value is -3.23. The van der Waals surface area contributed by atoms with E-state index in [1.54, 1.807) is 17.6 Å². The van der Waals surface area contributed by atoms with Crippen LogP contribution >= 0.6 is 12.4 Å². The van der Waals surface area contributed by atoms with E-state index < -0.39 is 17.5 Å². The molecule has 5 rings (SSSR count). The molecule has 0 radical (unpaired) electrons. The number of para-hydroxylation sites is 1. The topological polar surface area (TPSA) is 99.5 Å². The lowest BCUT2D eigenvalue weighted by atomic mass is 9.85. The van der Waals surface area contributed by atoms with E-state index in [1.807, 2.05) is 30.3 Å². The fourth-order valence-corrected chi connectivity index (χ4v) is 4.81. The van der Waals surface area contributed by atoms with Crippen molar-refractivity contribution in [2.75, 3.05) is 13.1 Å². The van der Waals surface area contributed by atoms with Gasteiger partial charge in [0.15, 0.2) is 0 Å². The van der Waals surface area contributed by atoms with Crippen LogP contribution in [0.25, 0.3) is 22.3 Å². The minimum Gasteiger partial charge on any atom is -0.457 e. The normalized spacial score (nSPS) is 17.7. The van der Waals surface area contributed by atoms with Crippen molar-refractivity contribution in [1.29, 1.82) is 0 Å². The number of halogens is 1. The molecule has 1 aromatic carbocycles. The summed E-state index contributed by atoms with van der Waals surface area (Å²) in [5.41, 5.74) is 1.91. The van der Waals surface area contributed by atoms with Gasteiger partial charge in [-0.2, -0.15) is 0 Å². The molecule has 8 nitrogen and oxygen atoms in total. The van der Waals surface area contributed by atoms with Crippen LogP contribution in [0.4, 0.5) is 0 Å². The third kappa shape index (κ3) is 4.10. The average Bonchev–Trinajstić information content (AvgIpc) is 3.20. The van der Waals surface area contributed by atoms with Crippen molar-refractivity contribution in [3.05, 3.63) is 63.4 Å². The molecule has 0 bridgehead atoms. The molecule has 4 heterocycles. The van der Waals surface area contributed by atoms with Crippen LogP contribution in [0, 0.1) is 0 Å². The summed E-state index contributed by atoms with van der Waals surface area (Å²) in [5.74, 6) is -1.22. The van der Waals surface area contributed by atoms with E-state index in [0.717, 1.165) is 29.3 Å². The molecular formula is C26H28ClN3O5. The van der Waals surface area contributed by atoms with Gasteiger partial charge in [0.2, 0.25) is 5.60 Å². The summed E-state index contributed by atoms with van der Waals surface area (Å²) in [5, 5.41) is 4.03. The first-order chi connectivity index (χ1) is 16.5. The summed E-state index contributed by atoms with van der Waals surface area (Å²) in [6.07, 6.45) is 2.09. The number of carbonyl (C=O) groups is 2. The second-order valence-electron chi connectivity index (χ2n) is 8.76. The van der Waals surface area contributed by atoms with Gasteiger partial charge in [-0.15, -0.1) is 12.4 Å². The van der Waals surface area contributed by atoms with Gasteiger partial charge in [-0.05, 0) is 37.6 Å². The van der Waals surface area contributed by atoms with E-state index in [-0.39, 0.29) is 37.5 Å². The van der Waals surface area contributed by atoms with Gasteiger partial charge in [-0.1, -0.05) is 38.5 Å². The molecule has 2 aliphatic rings. The molecule has 184 valence electrons. The van der Waals surface area contributed by atoms with Crippen LogP contribution < -0.4 is 10.9 Å². The van der Waals surface area contributed by atoms with E-state index in [9.17, 15) is 14.4 Å². The Bertz CT molecular complexity index is 1370. The zero-order chi connectivity index (χ0) is 23.9. The van der Waals surface area contributed by atoms with Crippen molar-refractivity contribution in [1.82, 2.24) is 14.9 Å². The molecule has 0 aliphatic carbocycles. The largest absolute Gasteiger partial charge is 0.457 e. The molecule has 3 aromatic rings. The summed E-state index contributed by atoms with van der Waals surface area (Å²) >= 11 is 0. The van der Waals surface area contributed by atoms with Crippen LogP contribution in [0.2, 0.25) is 0 Å². The van der Waals surface area contributed by atoms with Crippen LogP contribution in [0.3, 0.4) is 0 Å². The Morgan fingerprint density at radius 2 is 2.03 bits per heavy atom. The minimum absolute atomic E-state index is 0. The number of hydrogen-bond acceptors (Lipinski definition) is 7. The Morgan fingerprint density at radius 1 is 1.23 bits per heavy atom. The second kappa shape index (κ2) is 9.79. The molecule has 2 aromatic heterocycles. The van der Waals surface area contributed by atoms with E-state index in [4.69, 9.17) is 14.5 Å². The van der Waals surface area contributed by atoms with Crippen LogP contribution in [0.1, 0.15) is 49.8 Å². The maximum absolute atomic E-state index is 13.5. The van der Waals surface area contributed by atoms with Gasteiger partial charge in [0.05, 0.1) is 35.6 Å². The van der Waals surface area contributed by atoms with Crippen LogP contribution in [0.5, 0.6) is 0 Å². The van der Waals surface area contributed by atoms with Crippen LogP contribution in [0.15, 0.2) is 41.2 Å². The van der Waals surface area contributed by atoms with Crippen molar-refractivity contribution in [2.24, 2.45) is 0 Å². The highest BCUT2D eigenvalue weighted by Gasteiger charge is 2.50. The van der Waals surface area contributed by atoms with Crippen LogP contribution in [-0.4, -0.2) is 34.6 Å². The molecule has 0 amide bonds. The van der Waals surface area contributed by atoms with Crippen molar-refractivity contribution < 1.29 is 19.1 Å². The third-order valence-corrected chi connectivity index (χ3v) is 6.65. The molecule has 2 aliphatic heterocycles. The first kappa shape index (κ1) is 24.9. The van der Waals surface area contributed by atoms with Gasteiger partial charge in [0.25, 0.3) is 5.56 Å². The highest BCUT2D eigenvalue weighted by molar-refractivity contribution is 5.88. The molecule has 0 saturated carbocycles. The first-order valence-electron chi connectivity index (χ1n) is 11.7. The second-order valence-corrected chi connectivity index (χ2v) is 8.76. The van der Waals surface area contributed by atoms with E-state index in [1.165, 1.54) is 0 Å². The van der Waals surface area contributed by atoms with Gasteiger partial charge in [0.1, 0.15) is 6.61 Å². The molecule has 1 unspecified atom stereocenters. The Balaban J connectivity index is 0.00000289. The number of esters is 2. The van der Waals surface area contributed by atoms with Gasteiger partial charge < -0.3 is 19.4 Å². The minimum atomic E-state index is -1.66. The standard InChI is InChI=1S/C26H27N3O5.ClH/c1-3-5-10-27-13-22(30)34-26(4-2)19-12-21-23-17(11-16-8-6-7-9-20(16)28-23)14-29(21)24(31)18(19)15-33-25(26)32;/h6-9,11-12,27H,3-5,10,13-15H2,1-2H3;1H. The Morgan fingerprint density at radius 3 is 2.80 bits per heavy atom. The number of cyclic esters (lactones) is 1. The lowest BCUT2D eigenvalue weighted by Crippen LogP contribution is -2.48. The quantitative estimate of drug-likeness (QED) is 0.308. The number of fused-ring (bicyclic) bond motifs is 5. The highest BCUT2D eigenvalue weighted by Crippen LogP contribution is 2.40. The SMILES string of the molecule is CCCCNCC(=O)OC1(CC)C(=O)OCc2c1cc1n(c2=O)Cc2cc3ccccc3nc2-1.Cl. The van der Waals surface area contributed by atoms with E-state index in [0.29, 0.717) is 35.6 Å². The number of hydrogen-bond donors (Lipinski definition) is 1. The fraction of sp³-hybridized carbons (Fsp3) is 0.385. The number of rotatable bonds is 7. The zero-order valence-electron chi connectivity index (χ0n) is 19.8. The number of benzene rings is 1. The predicted octanol–water partition coefficient (Wildman–Crippen LogP) is 3.44. The number of aromatic nitrogens is 2. The predicted molar refractivity (Wildman–Crippen MR) is 133 cm³/mol. The maximum Gasteiger partial charge on any atom is 0.355 e. The Labute approximate surface area is 209 Å². The number of nitrogens with zero attached hydrogens (tertiary/aromatic N) is 2. The smallest absolute Gasteiger partial charge is 0.355 e. The number of carbonyl (C=O) groups excluding carboxylic acids is 2. The molecule has 9 heteroatoms. The van der Waals surface area contributed by atoms with Gasteiger partial charge >= 0.3 is 11.9 Å². The van der Waals surface area contributed by atoms with Crippen molar-refractivity contribution in [2.45, 2.75) is 51.9 Å². The number of nitrogens with one attached hydrogen (secondary N) is 1. The Kier molecular flexibility index (Phi) is 6.96. The molecule has 1 atom stereocenters. The molecule has 35 heavy (non-hydrogen) atoms. The summed E-state index contributed by atoms with van der Waals surface area (Å²) in [7, 11) is 0. The van der Waals surface area contributed by atoms with Crippen molar-refractivity contribution >= 4 is 35.2 Å². The van der Waals surface area contributed by atoms with Crippen molar-refractivity contribution in [3.63, 3.8) is 0 Å². The molecule has 0 spiro atoms. The maximum atomic E-state index is 13.5. The average molecular weight is 498 g/mol. The van der Waals surface area contributed by atoms with E-state index in [2.05, 4.69) is 12.2 Å². The van der Waals surface area contributed by atoms with Crippen molar-refractivity contribution in [3.8, 4) is 11.4 Å². The third-order valence-electron chi connectivity index (χ3n) is 6.65. The first-order valence-corrected chi connectivity index (χ1v) is 11.7. The highest BCUT2D eigenvalue weighted by atomic mass is 35.5. The summed E-state index contributed by atoms with van der Waals surface area (Å²) in [6.45, 7) is 4.71. The monoisotopic (exact) mass is 497 g/mol. The van der Waals surface area contributed by atoms with Gasteiger partial charge in [0, 0.05) is 16.5 Å². The lowest BCUT2D eigenvalue weighted by Gasteiger charge is -2.35.